The summed E-state index contributed by atoms with van der Waals surface area (Å²) in [5.41, 5.74) is 6.54. The number of carbonyl (C=O) groups is 1. The molecule has 0 aliphatic carbocycles. The van der Waals surface area contributed by atoms with Crippen molar-refractivity contribution < 1.29 is 9.53 Å². The number of benzene rings is 1. The van der Waals surface area contributed by atoms with E-state index in [1.165, 1.54) is 5.56 Å². The molecule has 0 spiro atoms. The zero-order chi connectivity index (χ0) is 12.8. The average molecular weight is 285 g/mol. The highest BCUT2D eigenvalue weighted by molar-refractivity contribution is 5.85. The molecule has 1 saturated heterocycles. The second-order valence-corrected chi connectivity index (χ2v) is 4.58. The fourth-order valence-electron chi connectivity index (χ4n) is 2.19. The monoisotopic (exact) mass is 284 g/mol. The van der Waals surface area contributed by atoms with Gasteiger partial charge in [-0.3, -0.25) is 4.79 Å². The number of carbonyl (C=O) groups excluding carboxylic acids is 1. The summed E-state index contributed by atoms with van der Waals surface area (Å²) >= 11 is 0. The molecule has 4 nitrogen and oxygen atoms in total. The number of ether oxygens (including phenoxy) is 1. The first kappa shape index (κ1) is 16.0. The van der Waals surface area contributed by atoms with Gasteiger partial charge in [-0.15, -0.1) is 12.4 Å². The summed E-state index contributed by atoms with van der Waals surface area (Å²) in [5.74, 6) is 0.0384. The van der Waals surface area contributed by atoms with Gasteiger partial charge in [-0.2, -0.15) is 0 Å². The fraction of sp³-hybridized carbons (Fsp3) is 0.500. The molecule has 19 heavy (non-hydrogen) atoms. The van der Waals surface area contributed by atoms with Crippen molar-refractivity contribution in [2.75, 3.05) is 19.6 Å². The van der Waals surface area contributed by atoms with Crippen LogP contribution in [0.5, 0.6) is 0 Å². The zero-order valence-corrected chi connectivity index (χ0v) is 11.8. The van der Waals surface area contributed by atoms with Crippen molar-refractivity contribution in [3.8, 4) is 0 Å². The van der Waals surface area contributed by atoms with Gasteiger partial charge in [-0.05, 0) is 18.4 Å². The van der Waals surface area contributed by atoms with Crippen molar-refractivity contribution in [3.63, 3.8) is 0 Å². The molecule has 0 bridgehead atoms. The Morgan fingerprint density at radius 3 is 2.47 bits per heavy atom. The van der Waals surface area contributed by atoms with E-state index in [1.54, 1.807) is 0 Å². The molecule has 0 unspecified atom stereocenters. The SMILES string of the molecule is Cl.NCC(=O)N1CCC(OCc2ccccc2)CC1. The number of amides is 1. The van der Waals surface area contributed by atoms with Crippen LogP contribution < -0.4 is 5.73 Å². The van der Waals surface area contributed by atoms with E-state index in [2.05, 4.69) is 12.1 Å². The van der Waals surface area contributed by atoms with Gasteiger partial charge >= 0.3 is 0 Å². The first-order valence-corrected chi connectivity index (χ1v) is 6.43. The summed E-state index contributed by atoms with van der Waals surface area (Å²) in [4.78, 5) is 13.2. The van der Waals surface area contributed by atoms with Crippen molar-refractivity contribution in [1.29, 1.82) is 0 Å². The van der Waals surface area contributed by atoms with Gasteiger partial charge in [0.2, 0.25) is 5.91 Å². The lowest BCUT2D eigenvalue weighted by Gasteiger charge is -2.31. The number of nitrogens with zero attached hydrogens (tertiary/aromatic N) is 1. The summed E-state index contributed by atoms with van der Waals surface area (Å²) in [6, 6.07) is 10.2. The van der Waals surface area contributed by atoms with Crippen LogP contribution in [-0.2, 0) is 16.1 Å². The van der Waals surface area contributed by atoms with E-state index in [1.807, 2.05) is 23.1 Å². The van der Waals surface area contributed by atoms with E-state index in [4.69, 9.17) is 10.5 Å². The Morgan fingerprint density at radius 2 is 1.89 bits per heavy atom. The van der Waals surface area contributed by atoms with Crippen LogP contribution >= 0.6 is 12.4 Å². The van der Waals surface area contributed by atoms with Crippen LogP contribution in [0.2, 0.25) is 0 Å². The van der Waals surface area contributed by atoms with Crippen molar-refractivity contribution >= 4 is 18.3 Å². The Hall–Kier alpha value is -1.10. The lowest BCUT2D eigenvalue weighted by Crippen LogP contribution is -2.43. The van der Waals surface area contributed by atoms with Crippen LogP contribution in [0, 0.1) is 0 Å². The number of halogens is 1. The Bertz CT molecular complexity index is 378. The number of likely N-dealkylation sites (tertiary alicyclic amines) is 1. The second-order valence-electron chi connectivity index (χ2n) is 4.58. The highest BCUT2D eigenvalue weighted by Gasteiger charge is 2.22. The molecule has 0 aromatic heterocycles. The summed E-state index contributed by atoms with van der Waals surface area (Å²) in [5, 5.41) is 0. The van der Waals surface area contributed by atoms with Crippen LogP contribution in [0.15, 0.2) is 30.3 Å². The molecule has 0 saturated carbocycles. The van der Waals surface area contributed by atoms with E-state index in [0.29, 0.717) is 6.61 Å². The maximum absolute atomic E-state index is 11.4. The summed E-state index contributed by atoms with van der Waals surface area (Å²) in [7, 11) is 0. The van der Waals surface area contributed by atoms with Gasteiger partial charge in [0.1, 0.15) is 0 Å². The molecule has 1 amide bonds. The first-order valence-electron chi connectivity index (χ1n) is 6.43. The van der Waals surface area contributed by atoms with Crippen molar-refractivity contribution in [2.45, 2.75) is 25.6 Å². The van der Waals surface area contributed by atoms with Crippen LogP contribution in [0.1, 0.15) is 18.4 Å². The van der Waals surface area contributed by atoms with Gasteiger partial charge in [0, 0.05) is 13.1 Å². The summed E-state index contributed by atoms with van der Waals surface area (Å²) in [6.07, 6.45) is 2.06. The molecule has 2 N–H and O–H groups in total. The third-order valence-corrected chi connectivity index (χ3v) is 3.30. The third-order valence-electron chi connectivity index (χ3n) is 3.30. The van der Waals surface area contributed by atoms with Gasteiger partial charge < -0.3 is 15.4 Å². The molecular formula is C14H21ClN2O2. The van der Waals surface area contributed by atoms with E-state index >= 15 is 0 Å². The maximum Gasteiger partial charge on any atom is 0.236 e. The van der Waals surface area contributed by atoms with Gasteiger partial charge in [0.25, 0.3) is 0 Å². The first-order chi connectivity index (χ1) is 8.79. The van der Waals surface area contributed by atoms with Gasteiger partial charge in [0.05, 0.1) is 19.3 Å². The summed E-state index contributed by atoms with van der Waals surface area (Å²) < 4.78 is 5.86. The lowest BCUT2D eigenvalue weighted by molar-refractivity contribution is -0.132. The molecule has 1 aliphatic rings. The highest BCUT2D eigenvalue weighted by atomic mass is 35.5. The maximum atomic E-state index is 11.4. The lowest BCUT2D eigenvalue weighted by atomic mass is 10.1. The second kappa shape index (κ2) is 8.15. The molecule has 2 rings (SSSR count). The molecule has 1 heterocycles. The van der Waals surface area contributed by atoms with Crippen LogP contribution in [0.3, 0.4) is 0 Å². The normalized spacial score (nSPS) is 15.9. The van der Waals surface area contributed by atoms with Crippen LogP contribution in [-0.4, -0.2) is 36.5 Å². The quantitative estimate of drug-likeness (QED) is 0.913. The Labute approximate surface area is 120 Å². The molecule has 1 aromatic rings. The minimum atomic E-state index is 0. The largest absolute Gasteiger partial charge is 0.373 e. The third kappa shape index (κ3) is 4.82. The van der Waals surface area contributed by atoms with E-state index in [-0.39, 0.29) is 31.0 Å². The highest BCUT2D eigenvalue weighted by Crippen LogP contribution is 2.15. The number of hydrogen-bond acceptors (Lipinski definition) is 3. The van der Waals surface area contributed by atoms with Crippen LogP contribution in [0.4, 0.5) is 0 Å². The minimum absolute atomic E-state index is 0. The average Bonchev–Trinajstić information content (AvgIpc) is 2.46. The molecule has 0 atom stereocenters. The van der Waals surface area contributed by atoms with Crippen LogP contribution in [0.25, 0.3) is 0 Å². The van der Waals surface area contributed by atoms with Gasteiger partial charge in [0.15, 0.2) is 0 Å². The molecule has 1 fully saturated rings. The molecule has 106 valence electrons. The number of nitrogens with two attached hydrogens (primary N) is 1. The topological polar surface area (TPSA) is 55.6 Å². The van der Waals surface area contributed by atoms with E-state index < -0.39 is 0 Å². The van der Waals surface area contributed by atoms with Gasteiger partial charge in [-0.1, -0.05) is 30.3 Å². The molecule has 0 radical (unpaired) electrons. The number of rotatable bonds is 4. The number of hydrogen-bond donors (Lipinski definition) is 1. The molecule has 1 aromatic carbocycles. The van der Waals surface area contributed by atoms with E-state index in [9.17, 15) is 4.79 Å². The summed E-state index contributed by atoms with van der Waals surface area (Å²) in [6.45, 7) is 2.27. The predicted molar refractivity (Wildman–Crippen MR) is 77.1 cm³/mol. The Balaban J connectivity index is 0.00000180. The molecular weight excluding hydrogens is 264 g/mol. The zero-order valence-electron chi connectivity index (χ0n) is 11.0. The molecule has 1 aliphatic heterocycles. The van der Waals surface area contributed by atoms with Crippen molar-refractivity contribution in [1.82, 2.24) is 4.90 Å². The fourth-order valence-corrected chi connectivity index (χ4v) is 2.19. The minimum Gasteiger partial charge on any atom is -0.373 e. The number of piperidine rings is 1. The smallest absolute Gasteiger partial charge is 0.236 e. The Morgan fingerprint density at radius 1 is 1.26 bits per heavy atom. The van der Waals surface area contributed by atoms with E-state index in [0.717, 1.165) is 25.9 Å². The van der Waals surface area contributed by atoms with Gasteiger partial charge in [-0.25, -0.2) is 0 Å². The standard InChI is InChI=1S/C14H20N2O2.ClH/c15-10-14(17)16-8-6-13(7-9-16)18-11-12-4-2-1-3-5-12;/h1-5,13H,6-11,15H2;1H. The molecule has 5 heteroatoms. The predicted octanol–water partition coefficient (Wildman–Crippen LogP) is 1.57. The van der Waals surface area contributed by atoms with Crippen molar-refractivity contribution in [3.05, 3.63) is 35.9 Å². The Kier molecular flexibility index (Phi) is 6.84. The van der Waals surface area contributed by atoms with Crippen molar-refractivity contribution in [2.24, 2.45) is 5.73 Å².